The second-order valence-electron chi connectivity index (χ2n) is 4.84. The van der Waals surface area contributed by atoms with Crippen LogP contribution in [0, 0.1) is 23.0 Å². The lowest BCUT2D eigenvalue weighted by Crippen LogP contribution is -2.38. The van der Waals surface area contributed by atoms with Crippen LogP contribution in [0.4, 0.5) is 5.69 Å². The summed E-state index contributed by atoms with van der Waals surface area (Å²) in [6.07, 6.45) is 2.36. The van der Waals surface area contributed by atoms with Gasteiger partial charge in [-0.15, -0.1) is 0 Å². The molecule has 1 aromatic carbocycles. The zero-order valence-corrected chi connectivity index (χ0v) is 10.7. The molecule has 0 bridgehead atoms. The van der Waals surface area contributed by atoms with Crippen LogP contribution in [0.1, 0.15) is 18.4 Å². The molecular formula is C13H18N2O3. The molecule has 98 valence electrons. The van der Waals surface area contributed by atoms with Crippen LogP contribution in [-0.2, 0) is 0 Å². The summed E-state index contributed by atoms with van der Waals surface area (Å²) in [5.74, 6) is 1.45. The number of nitro benzene ring substituents is 1. The Kier molecular flexibility index (Phi) is 3.81. The van der Waals surface area contributed by atoms with Gasteiger partial charge in [-0.25, -0.2) is 0 Å². The second kappa shape index (κ2) is 5.35. The van der Waals surface area contributed by atoms with Crippen molar-refractivity contribution in [3.63, 3.8) is 0 Å². The van der Waals surface area contributed by atoms with Gasteiger partial charge < -0.3 is 10.1 Å². The standard InChI is InChI=1S/C13H18N2O3/c1-9-5-11(15(16)17)3-4-13(9)18-12-6-10(7-12)8-14-2/h3-5,10,12,14H,6-8H2,1-2H3. The average molecular weight is 250 g/mol. The van der Waals surface area contributed by atoms with Crippen molar-refractivity contribution in [2.45, 2.75) is 25.9 Å². The van der Waals surface area contributed by atoms with E-state index < -0.39 is 0 Å². The molecule has 0 aromatic heterocycles. The van der Waals surface area contributed by atoms with E-state index in [4.69, 9.17) is 4.74 Å². The predicted molar refractivity (Wildman–Crippen MR) is 68.9 cm³/mol. The maximum absolute atomic E-state index is 10.6. The molecule has 0 atom stereocenters. The van der Waals surface area contributed by atoms with Gasteiger partial charge in [0, 0.05) is 12.1 Å². The third-order valence-corrected chi connectivity index (χ3v) is 3.35. The topological polar surface area (TPSA) is 64.4 Å². The molecule has 5 nitrogen and oxygen atoms in total. The number of benzene rings is 1. The van der Waals surface area contributed by atoms with Gasteiger partial charge in [0.15, 0.2) is 0 Å². The minimum atomic E-state index is -0.386. The lowest BCUT2D eigenvalue weighted by Gasteiger charge is -2.35. The van der Waals surface area contributed by atoms with Crippen LogP contribution in [0.5, 0.6) is 5.75 Å². The van der Waals surface area contributed by atoms with Crippen molar-refractivity contribution in [1.29, 1.82) is 0 Å². The lowest BCUT2D eigenvalue weighted by molar-refractivity contribution is -0.384. The Labute approximate surface area is 106 Å². The van der Waals surface area contributed by atoms with Crippen LogP contribution in [0.15, 0.2) is 18.2 Å². The zero-order valence-electron chi connectivity index (χ0n) is 10.7. The highest BCUT2D eigenvalue weighted by molar-refractivity contribution is 5.43. The fourth-order valence-corrected chi connectivity index (χ4v) is 2.29. The highest BCUT2D eigenvalue weighted by Crippen LogP contribution is 2.33. The summed E-state index contributed by atoms with van der Waals surface area (Å²) >= 11 is 0. The van der Waals surface area contributed by atoms with Gasteiger partial charge in [0.05, 0.1) is 11.0 Å². The van der Waals surface area contributed by atoms with Gasteiger partial charge in [-0.3, -0.25) is 10.1 Å². The Morgan fingerprint density at radius 3 is 2.78 bits per heavy atom. The van der Waals surface area contributed by atoms with Gasteiger partial charge >= 0.3 is 0 Å². The van der Waals surface area contributed by atoms with Crippen molar-refractivity contribution in [2.75, 3.05) is 13.6 Å². The first-order valence-electron chi connectivity index (χ1n) is 6.16. The van der Waals surface area contributed by atoms with E-state index in [0.717, 1.165) is 30.7 Å². The minimum Gasteiger partial charge on any atom is -0.490 e. The molecule has 0 spiro atoms. The van der Waals surface area contributed by atoms with Gasteiger partial charge in [0.1, 0.15) is 5.75 Å². The molecule has 1 aromatic rings. The third-order valence-electron chi connectivity index (χ3n) is 3.35. The Bertz CT molecular complexity index is 442. The Balaban J connectivity index is 1.93. The highest BCUT2D eigenvalue weighted by atomic mass is 16.6. The highest BCUT2D eigenvalue weighted by Gasteiger charge is 2.30. The molecule has 0 unspecified atom stereocenters. The van der Waals surface area contributed by atoms with Crippen molar-refractivity contribution in [2.24, 2.45) is 5.92 Å². The summed E-state index contributed by atoms with van der Waals surface area (Å²) in [6, 6.07) is 4.74. The van der Waals surface area contributed by atoms with Crippen molar-refractivity contribution < 1.29 is 9.66 Å². The van der Waals surface area contributed by atoms with Gasteiger partial charge in [0.25, 0.3) is 5.69 Å². The van der Waals surface area contributed by atoms with Crippen molar-refractivity contribution in [3.8, 4) is 5.75 Å². The molecule has 0 aliphatic heterocycles. The maximum Gasteiger partial charge on any atom is 0.269 e. The molecule has 0 radical (unpaired) electrons. The van der Waals surface area contributed by atoms with Crippen LogP contribution in [-0.4, -0.2) is 24.6 Å². The van der Waals surface area contributed by atoms with E-state index >= 15 is 0 Å². The van der Waals surface area contributed by atoms with E-state index in [1.807, 2.05) is 14.0 Å². The number of hydrogen-bond donors (Lipinski definition) is 1. The normalized spacial score (nSPS) is 22.3. The van der Waals surface area contributed by atoms with Crippen LogP contribution in [0.25, 0.3) is 0 Å². The number of aryl methyl sites for hydroxylation is 1. The summed E-state index contributed by atoms with van der Waals surface area (Å²) in [5, 5.41) is 13.8. The Morgan fingerprint density at radius 2 is 2.22 bits per heavy atom. The van der Waals surface area contributed by atoms with Crippen LogP contribution >= 0.6 is 0 Å². The molecule has 1 fully saturated rings. The molecule has 2 rings (SSSR count). The summed E-state index contributed by atoms with van der Waals surface area (Å²) in [4.78, 5) is 10.2. The van der Waals surface area contributed by atoms with Gasteiger partial charge in [-0.2, -0.15) is 0 Å². The minimum absolute atomic E-state index is 0.113. The fourth-order valence-electron chi connectivity index (χ4n) is 2.29. The first-order chi connectivity index (χ1) is 8.60. The molecular weight excluding hydrogens is 232 g/mol. The second-order valence-corrected chi connectivity index (χ2v) is 4.84. The number of nitrogens with one attached hydrogen (secondary N) is 1. The van der Waals surface area contributed by atoms with E-state index in [1.54, 1.807) is 12.1 Å². The quantitative estimate of drug-likeness (QED) is 0.643. The molecule has 5 heteroatoms. The Hall–Kier alpha value is -1.62. The summed E-state index contributed by atoms with van der Waals surface area (Å²) < 4.78 is 5.84. The van der Waals surface area contributed by atoms with E-state index in [-0.39, 0.29) is 16.7 Å². The van der Waals surface area contributed by atoms with E-state index in [9.17, 15) is 10.1 Å². The largest absolute Gasteiger partial charge is 0.490 e. The number of ether oxygens (including phenoxy) is 1. The molecule has 1 aliphatic rings. The summed E-state index contributed by atoms with van der Waals surface area (Å²) in [7, 11) is 1.95. The molecule has 0 heterocycles. The van der Waals surface area contributed by atoms with Gasteiger partial charge in [0.2, 0.25) is 0 Å². The van der Waals surface area contributed by atoms with Crippen molar-refractivity contribution >= 4 is 5.69 Å². The van der Waals surface area contributed by atoms with Crippen molar-refractivity contribution in [3.05, 3.63) is 33.9 Å². The number of nitrogens with zero attached hydrogens (tertiary/aromatic N) is 1. The van der Waals surface area contributed by atoms with Gasteiger partial charge in [-0.05, 0) is 50.9 Å². The third kappa shape index (κ3) is 2.79. The average Bonchev–Trinajstić information content (AvgIpc) is 2.28. The van der Waals surface area contributed by atoms with Crippen LogP contribution in [0.2, 0.25) is 0 Å². The lowest BCUT2D eigenvalue weighted by atomic mass is 9.82. The van der Waals surface area contributed by atoms with Crippen molar-refractivity contribution in [1.82, 2.24) is 5.32 Å². The SMILES string of the molecule is CNCC1CC(Oc2ccc([N+](=O)[O-])cc2C)C1. The monoisotopic (exact) mass is 250 g/mol. The Morgan fingerprint density at radius 1 is 1.50 bits per heavy atom. The predicted octanol–water partition coefficient (Wildman–Crippen LogP) is 2.28. The molecule has 1 saturated carbocycles. The van der Waals surface area contributed by atoms with Crippen LogP contribution < -0.4 is 10.1 Å². The smallest absolute Gasteiger partial charge is 0.269 e. The first-order valence-corrected chi connectivity index (χ1v) is 6.16. The molecule has 0 saturated heterocycles. The number of non-ortho nitro benzene ring substituents is 1. The number of rotatable bonds is 5. The summed E-state index contributed by atoms with van der Waals surface area (Å²) in [5.41, 5.74) is 0.933. The fraction of sp³-hybridized carbons (Fsp3) is 0.538. The van der Waals surface area contributed by atoms with Gasteiger partial charge in [-0.1, -0.05) is 0 Å². The van der Waals surface area contributed by atoms with E-state index in [1.165, 1.54) is 6.07 Å². The number of nitro groups is 1. The number of hydrogen-bond acceptors (Lipinski definition) is 4. The molecule has 1 aliphatic carbocycles. The van der Waals surface area contributed by atoms with E-state index in [2.05, 4.69) is 5.32 Å². The van der Waals surface area contributed by atoms with Crippen LogP contribution in [0.3, 0.4) is 0 Å². The van der Waals surface area contributed by atoms with E-state index in [0.29, 0.717) is 5.92 Å². The zero-order chi connectivity index (χ0) is 13.1. The first kappa shape index (κ1) is 12.8. The molecule has 18 heavy (non-hydrogen) atoms. The molecule has 0 amide bonds. The molecule has 1 N–H and O–H groups in total. The maximum atomic E-state index is 10.6. The summed E-state index contributed by atoms with van der Waals surface area (Å²) in [6.45, 7) is 2.87.